The monoisotopic (exact) mass is 502 g/mol. The number of hydrogen-bond donors (Lipinski definition) is 0. The van der Waals surface area contributed by atoms with Crippen molar-refractivity contribution in [3.8, 4) is 17.1 Å². The molecule has 0 atom stereocenters. The summed E-state index contributed by atoms with van der Waals surface area (Å²) in [6.45, 7) is 3.86. The van der Waals surface area contributed by atoms with Gasteiger partial charge in [-0.05, 0) is 0 Å². The average Bonchev–Trinajstić information content (AvgIpc) is 2.83. The summed E-state index contributed by atoms with van der Waals surface area (Å²) >= 11 is 0.464. The van der Waals surface area contributed by atoms with E-state index in [2.05, 4.69) is 10.1 Å². The van der Waals surface area contributed by atoms with E-state index in [-0.39, 0.29) is 11.8 Å². The summed E-state index contributed by atoms with van der Waals surface area (Å²) in [6.07, 6.45) is 1.68. The molecule has 0 saturated heterocycles. The summed E-state index contributed by atoms with van der Waals surface area (Å²) in [6, 6.07) is 8.47. The Kier molecular flexibility index (Phi) is 4.29. The van der Waals surface area contributed by atoms with Crippen molar-refractivity contribution < 1.29 is 9.66 Å². The first-order valence-electron chi connectivity index (χ1n) is 7.01. The van der Waals surface area contributed by atoms with E-state index in [4.69, 9.17) is 4.74 Å². The number of nitro benzene ring substituents is 1. The Morgan fingerprint density at radius 1 is 1.30 bits per heavy atom. The summed E-state index contributed by atoms with van der Waals surface area (Å²) in [5.41, 5.74) is 2.51. The summed E-state index contributed by atoms with van der Waals surface area (Å²) in [5, 5.41) is 16.4. The van der Waals surface area contributed by atoms with Crippen LogP contribution < -0.4 is 4.74 Å². The SMILES string of the molecule is CC(C)Oc1cc(-c2n[n]([Tl])c3ccc([N+](=O)[O-])cc23)ccn1. The van der Waals surface area contributed by atoms with E-state index >= 15 is 0 Å². The molecule has 0 spiro atoms. The van der Waals surface area contributed by atoms with Crippen molar-refractivity contribution in [1.82, 2.24) is 12.6 Å². The molecule has 114 valence electrons. The molecule has 3 rings (SSSR count). The molecule has 0 aliphatic heterocycles. The number of nitro groups is 1. The summed E-state index contributed by atoms with van der Waals surface area (Å²) < 4.78 is 7.49. The van der Waals surface area contributed by atoms with Crippen molar-refractivity contribution >= 4 is 42.7 Å². The first-order valence-corrected chi connectivity index (χ1v) is 9.02. The minimum absolute atomic E-state index is 0.0215. The third kappa shape index (κ3) is 3.19. The van der Waals surface area contributed by atoms with Crippen LogP contribution in [0.2, 0.25) is 0 Å². The predicted octanol–water partition coefficient (Wildman–Crippen LogP) is 2.73. The van der Waals surface area contributed by atoms with Crippen molar-refractivity contribution in [2.24, 2.45) is 0 Å². The van der Waals surface area contributed by atoms with E-state index < -0.39 is 4.92 Å². The molecule has 3 aromatic rings. The van der Waals surface area contributed by atoms with Crippen LogP contribution in [0.5, 0.6) is 5.88 Å². The van der Waals surface area contributed by atoms with Gasteiger partial charge in [0.05, 0.1) is 0 Å². The van der Waals surface area contributed by atoms with Crippen molar-refractivity contribution in [3.05, 3.63) is 46.6 Å². The maximum atomic E-state index is 11.0. The van der Waals surface area contributed by atoms with Gasteiger partial charge >= 0.3 is 149 Å². The average molecular weight is 502 g/mol. The van der Waals surface area contributed by atoms with Gasteiger partial charge in [-0.3, -0.25) is 0 Å². The van der Waals surface area contributed by atoms with Crippen LogP contribution in [0, 0.1) is 10.1 Å². The Morgan fingerprint density at radius 3 is 2.78 bits per heavy atom. The second-order valence-electron chi connectivity index (χ2n) is 5.30. The molecule has 0 N–H and O–H groups in total. The zero-order valence-electron chi connectivity index (χ0n) is 12.6. The van der Waals surface area contributed by atoms with Crippen LogP contribution in [0.25, 0.3) is 22.2 Å². The van der Waals surface area contributed by atoms with Crippen molar-refractivity contribution in [2.45, 2.75) is 20.0 Å². The summed E-state index contributed by atoms with van der Waals surface area (Å²) in [5.74, 6) is 0.515. The second kappa shape index (κ2) is 6.22. The van der Waals surface area contributed by atoms with Gasteiger partial charge in [-0.1, -0.05) is 0 Å². The number of ether oxygens (including phenoxy) is 1. The van der Waals surface area contributed by atoms with Gasteiger partial charge < -0.3 is 0 Å². The molecule has 8 heteroatoms. The molecule has 2 aromatic heterocycles. The number of rotatable bonds is 4. The van der Waals surface area contributed by atoms with E-state index in [0.717, 1.165) is 16.5 Å². The van der Waals surface area contributed by atoms with Crippen LogP contribution in [0.3, 0.4) is 0 Å². The van der Waals surface area contributed by atoms with Crippen LogP contribution in [-0.2, 0) is 0 Å². The number of non-ortho nitro benzene ring substituents is 1. The molecule has 0 unspecified atom stereocenters. The van der Waals surface area contributed by atoms with Gasteiger partial charge in [-0.15, -0.1) is 0 Å². The van der Waals surface area contributed by atoms with Gasteiger partial charge in [0.15, 0.2) is 0 Å². The van der Waals surface area contributed by atoms with E-state index in [9.17, 15) is 10.1 Å². The van der Waals surface area contributed by atoms with Crippen LogP contribution >= 0.6 is 0 Å². The Balaban J connectivity index is 2.15. The van der Waals surface area contributed by atoms with Crippen molar-refractivity contribution in [1.29, 1.82) is 0 Å². The Morgan fingerprint density at radius 2 is 2.09 bits per heavy atom. The predicted molar refractivity (Wildman–Crippen MR) is 86.5 cm³/mol. The Labute approximate surface area is 148 Å². The quantitative estimate of drug-likeness (QED) is 0.312. The fraction of sp³-hybridized carbons (Fsp3) is 0.200. The van der Waals surface area contributed by atoms with Gasteiger partial charge in [0.2, 0.25) is 0 Å². The van der Waals surface area contributed by atoms with Gasteiger partial charge in [0.25, 0.3) is 0 Å². The molecular formula is C15H13N4O3Tl. The fourth-order valence-corrected chi connectivity index (χ4v) is 3.64. The maximum absolute atomic E-state index is 11.0. The number of fused-ring (bicyclic) bond motifs is 1. The first-order chi connectivity index (χ1) is 11.0. The van der Waals surface area contributed by atoms with Crippen LogP contribution in [0.15, 0.2) is 36.5 Å². The molecule has 0 saturated carbocycles. The van der Waals surface area contributed by atoms with E-state index in [1.54, 1.807) is 18.3 Å². The van der Waals surface area contributed by atoms with Crippen molar-refractivity contribution in [3.63, 3.8) is 0 Å². The standard InChI is InChI=1S/C15H13N4O3.Tl/c1-9(2)22-14-7-10(5-6-16-14)15-12-8-11(19(20)21)3-4-13(12)17-18-15;/h3-9H,1-2H3;/q-1;+1. The zero-order valence-corrected chi connectivity index (χ0v) is 17.1. The molecule has 0 amide bonds. The van der Waals surface area contributed by atoms with Gasteiger partial charge in [-0.2, -0.15) is 0 Å². The van der Waals surface area contributed by atoms with Gasteiger partial charge in [0, 0.05) is 0 Å². The number of hydrogen-bond acceptors (Lipinski definition) is 5. The molecule has 2 heterocycles. The Bertz CT molecular complexity index is 892. The number of benzene rings is 1. The molecular weight excluding hydrogens is 489 g/mol. The normalized spacial score (nSPS) is 11.0. The molecule has 0 aliphatic rings. The molecule has 23 heavy (non-hydrogen) atoms. The van der Waals surface area contributed by atoms with Gasteiger partial charge in [0.1, 0.15) is 0 Å². The molecule has 0 radical (unpaired) electrons. The van der Waals surface area contributed by atoms with Crippen LogP contribution in [0.1, 0.15) is 13.8 Å². The van der Waals surface area contributed by atoms with E-state index in [0.29, 0.717) is 37.6 Å². The second-order valence-corrected chi connectivity index (χ2v) is 7.20. The number of pyridine rings is 1. The summed E-state index contributed by atoms with van der Waals surface area (Å²) in [4.78, 5) is 14.8. The topological polar surface area (TPSA) is 83.1 Å². The molecule has 7 nitrogen and oxygen atoms in total. The van der Waals surface area contributed by atoms with Crippen molar-refractivity contribution in [2.75, 3.05) is 0 Å². The third-order valence-electron chi connectivity index (χ3n) is 3.27. The zero-order chi connectivity index (χ0) is 16.6. The van der Waals surface area contributed by atoms with E-state index in [1.165, 1.54) is 6.07 Å². The van der Waals surface area contributed by atoms with E-state index in [1.807, 2.05) is 28.5 Å². The Hall–Kier alpha value is -2.04. The number of nitrogens with zero attached hydrogens (tertiary/aromatic N) is 4. The molecule has 0 aliphatic carbocycles. The van der Waals surface area contributed by atoms with Crippen LogP contribution in [0.4, 0.5) is 5.69 Å². The van der Waals surface area contributed by atoms with Crippen LogP contribution in [-0.4, -0.2) is 49.7 Å². The number of aromatic nitrogens is 3. The molecule has 0 bridgehead atoms. The summed E-state index contributed by atoms with van der Waals surface area (Å²) in [7, 11) is 0. The molecule has 0 fully saturated rings. The third-order valence-corrected chi connectivity index (χ3v) is 4.80. The first kappa shape index (κ1) is 15.8. The van der Waals surface area contributed by atoms with Gasteiger partial charge in [-0.25, -0.2) is 0 Å². The fourth-order valence-electron chi connectivity index (χ4n) is 2.32. The minimum atomic E-state index is -0.393. The molecule has 1 aromatic carbocycles.